The van der Waals surface area contributed by atoms with E-state index < -0.39 is 11.6 Å². The minimum Gasteiger partial charge on any atom is -0.311 e. The molecule has 2 rings (SSSR count). The molecule has 0 aliphatic rings. The van der Waals surface area contributed by atoms with Crippen molar-refractivity contribution in [1.29, 1.82) is 0 Å². The Morgan fingerprint density at radius 2 is 2.00 bits per heavy atom. The Labute approximate surface area is 102 Å². The summed E-state index contributed by atoms with van der Waals surface area (Å²) in [5, 5.41) is 3.05. The van der Waals surface area contributed by atoms with Gasteiger partial charge in [-0.2, -0.15) is 8.75 Å². The Bertz CT molecular complexity index is 467. The fraction of sp³-hybridized carbons (Fsp3) is 0.273. The van der Waals surface area contributed by atoms with Crippen molar-refractivity contribution < 1.29 is 8.78 Å². The van der Waals surface area contributed by atoms with Crippen LogP contribution in [0.1, 0.15) is 17.3 Å². The van der Waals surface area contributed by atoms with Crippen molar-refractivity contribution in [3.63, 3.8) is 0 Å². The first-order chi connectivity index (χ1) is 8.19. The summed E-state index contributed by atoms with van der Waals surface area (Å²) in [4.78, 5) is 0. The fourth-order valence-electron chi connectivity index (χ4n) is 1.64. The largest absolute Gasteiger partial charge is 0.311 e. The Balaban J connectivity index is 2.18. The van der Waals surface area contributed by atoms with E-state index in [0.717, 1.165) is 23.5 Å². The van der Waals surface area contributed by atoms with Gasteiger partial charge in [-0.25, -0.2) is 8.78 Å². The van der Waals surface area contributed by atoms with E-state index in [-0.39, 0.29) is 6.04 Å². The lowest BCUT2D eigenvalue weighted by Crippen LogP contribution is -2.19. The molecule has 2 aromatic rings. The Hall–Kier alpha value is -1.40. The predicted molar refractivity (Wildman–Crippen MR) is 61.8 cm³/mol. The van der Waals surface area contributed by atoms with Gasteiger partial charge in [0.1, 0.15) is 11.6 Å². The van der Waals surface area contributed by atoms with Gasteiger partial charge in [0.2, 0.25) is 0 Å². The average Bonchev–Trinajstić information content (AvgIpc) is 2.77. The molecule has 0 spiro atoms. The second kappa shape index (κ2) is 5.29. The molecule has 0 saturated heterocycles. The molecule has 90 valence electrons. The van der Waals surface area contributed by atoms with Crippen LogP contribution in [-0.4, -0.2) is 15.8 Å². The maximum Gasteiger partial charge on any atom is 0.126 e. The smallest absolute Gasteiger partial charge is 0.126 e. The summed E-state index contributed by atoms with van der Waals surface area (Å²) in [7, 11) is 1.78. The lowest BCUT2D eigenvalue weighted by molar-refractivity contribution is 0.557. The second-order valence-electron chi connectivity index (χ2n) is 3.66. The molecular weight excluding hydrogens is 244 g/mol. The number of nitrogens with one attached hydrogen (secondary N) is 1. The molecule has 0 aliphatic carbocycles. The minimum absolute atomic E-state index is 0.0880. The van der Waals surface area contributed by atoms with Crippen molar-refractivity contribution in [2.75, 3.05) is 7.05 Å². The molecule has 0 bridgehead atoms. The van der Waals surface area contributed by atoms with Crippen LogP contribution < -0.4 is 5.32 Å². The van der Waals surface area contributed by atoms with Crippen molar-refractivity contribution in [2.45, 2.75) is 12.5 Å². The zero-order chi connectivity index (χ0) is 12.3. The van der Waals surface area contributed by atoms with Gasteiger partial charge in [-0.3, -0.25) is 0 Å². The first kappa shape index (κ1) is 12.1. The highest BCUT2D eigenvalue weighted by Gasteiger charge is 2.13. The van der Waals surface area contributed by atoms with Gasteiger partial charge in [0.15, 0.2) is 0 Å². The Kier molecular flexibility index (Phi) is 3.75. The van der Waals surface area contributed by atoms with Crippen molar-refractivity contribution in [3.8, 4) is 0 Å². The summed E-state index contributed by atoms with van der Waals surface area (Å²) in [6.45, 7) is 0. The predicted octanol–water partition coefficient (Wildman–Crippen LogP) is 2.32. The van der Waals surface area contributed by atoms with E-state index in [4.69, 9.17) is 0 Å². The van der Waals surface area contributed by atoms with E-state index in [2.05, 4.69) is 14.1 Å². The maximum absolute atomic E-state index is 13.0. The average molecular weight is 255 g/mol. The molecule has 3 nitrogen and oxygen atoms in total. The van der Waals surface area contributed by atoms with Gasteiger partial charge in [-0.05, 0) is 31.2 Å². The molecule has 0 fully saturated rings. The van der Waals surface area contributed by atoms with E-state index in [1.165, 1.54) is 12.1 Å². The Morgan fingerprint density at radius 3 is 2.53 bits per heavy atom. The topological polar surface area (TPSA) is 37.8 Å². The quantitative estimate of drug-likeness (QED) is 0.911. The van der Waals surface area contributed by atoms with Gasteiger partial charge in [0.05, 0.1) is 29.7 Å². The van der Waals surface area contributed by atoms with Crippen LogP contribution in [0.5, 0.6) is 0 Å². The summed E-state index contributed by atoms with van der Waals surface area (Å²) in [6.07, 6.45) is 2.12. The molecule has 6 heteroatoms. The minimum atomic E-state index is -0.564. The Morgan fingerprint density at radius 1 is 1.29 bits per heavy atom. The van der Waals surface area contributed by atoms with E-state index >= 15 is 0 Å². The number of hydrogen-bond donors (Lipinski definition) is 1. The fourth-order valence-corrected chi connectivity index (χ4v) is 2.12. The number of halogens is 2. The highest BCUT2D eigenvalue weighted by molar-refractivity contribution is 6.99. The molecule has 1 heterocycles. The highest BCUT2D eigenvalue weighted by atomic mass is 32.1. The molecule has 1 N–H and O–H groups in total. The van der Waals surface area contributed by atoms with E-state index in [9.17, 15) is 8.78 Å². The van der Waals surface area contributed by atoms with Gasteiger partial charge >= 0.3 is 0 Å². The molecule has 1 unspecified atom stereocenters. The zero-order valence-electron chi connectivity index (χ0n) is 9.15. The van der Waals surface area contributed by atoms with Crippen LogP contribution in [0.3, 0.4) is 0 Å². The van der Waals surface area contributed by atoms with Crippen molar-refractivity contribution in [2.24, 2.45) is 0 Å². The van der Waals surface area contributed by atoms with Gasteiger partial charge in [-0.15, -0.1) is 0 Å². The van der Waals surface area contributed by atoms with Crippen molar-refractivity contribution in [3.05, 3.63) is 47.3 Å². The number of benzene rings is 1. The summed E-state index contributed by atoms with van der Waals surface area (Å²) in [5.74, 6) is -1.13. The third-order valence-corrected chi connectivity index (χ3v) is 2.94. The van der Waals surface area contributed by atoms with E-state index in [0.29, 0.717) is 12.0 Å². The van der Waals surface area contributed by atoms with Crippen LogP contribution in [0.15, 0.2) is 24.4 Å². The third-order valence-electron chi connectivity index (χ3n) is 2.45. The lowest BCUT2D eigenvalue weighted by atomic mass is 10.0. The summed E-state index contributed by atoms with van der Waals surface area (Å²) < 4.78 is 34.1. The number of likely N-dealkylation sites (N-methyl/N-ethyl adjacent to an activating group) is 1. The zero-order valence-corrected chi connectivity index (χ0v) is 9.97. The molecule has 0 saturated carbocycles. The molecule has 0 radical (unpaired) electrons. The number of nitrogens with zero attached hydrogens (tertiary/aromatic N) is 2. The summed E-state index contributed by atoms with van der Waals surface area (Å²) in [5.41, 5.74) is 1.37. The lowest BCUT2D eigenvalue weighted by Gasteiger charge is -2.13. The van der Waals surface area contributed by atoms with Crippen LogP contribution in [-0.2, 0) is 6.42 Å². The standard InChI is InChI=1S/C11H11F2N3S/c1-14-10(11-6-15-17-16-11)4-7-2-8(12)5-9(13)3-7/h2-3,5-6,10,14H,4H2,1H3. The molecule has 0 aliphatic heterocycles. The molecule has 0 amide bonds. The van der Waals surface area contributed by atoms with Crippen LogP contribution in [0.2, 0.25) is 0 Å². The van der Waals surface area contributed by atoms with Crippen LogP contribution in [0.4, 0.5) is 8.78 Å². The van der Waals surface area contributed by atoms with Gasteiger partial charge < -0.3 is 5.32 Å². The van der Waals surface area contributed by atoms with E-state index in [1.54, 1.807) is 13.2 Å². The van der Waals surface area contributed by atoms with Gasteiger partial charge in [0, 0.05) is 6.07 Å². The molecule has 1 atom stereocenters. The number of rotatable bonds is 4. The highest BCUT2D eigenvalue weighted by Crippen LogP contribution is 2.18. The molecular formula is C11H11F2N3S. The normalized spacial score (nSPS) is 12.6. The van der Waals surface area contributed by atoms with Crippen LogP contribution in [0, 0.1) is 11.6 Å². The monoisotopic (exact) mass is 255 g/mol. The van der Waals surface area contributed by atoms with Crippen molar-refractivity contribution >= 4 is 11.7 Å². The molecule has 1 aromatic heterocycles. The first-order valence-corrected chi connectivity index (χ1v) is 5.82. The maximum atomic E-state index is 13.0. The number of hydrogen-bond acceptors (Lipinski definition) is 4. The third kappa shape index (κ3) is 3.04. The summed E-state index contributed by atoms with van der Waals surface area (Å²) in [6, 6.07) is 3.43. The number of aromatic nitrogens is 2. The second-order valence-corrected chi connectivity index (χ2v) is 4.21. The SMILES string of the molecule is CNC(Cc1cc(F)cc(F)c1)c1cnsn1. The van der Waals surface area contributed by atoms with Crippen LogP contribution >= 0.6 is 11.7 Å². The molecule has 17 heavy (non-hydrogen) atoms. The van der Waals surface area contributed by atoms with Crippen LogP contribution in [0.25, 0.3) is 0 Å². The first-order valence-electron chi connectivity index (χ1n) is 5.08. The van der Waals surface area contributed by atoms with Crippen molar-refractivity contribution in [1.82, 2.24) is 14.1 Å². The van der Waals surface area contributed by atoms with Gasteiger partial charge in [0.25, 0.3) is 0 Å². The summed E-state index contributed by atoms with van der Waals surface area (Å²) >= 11 is 1.11. The molecule has 1 aromatic carbocycles. The van der Waals surface area contributed by atoms with E-state index in [1.807, 2.05) is 0 Å². The van der Waals surface area contributed by atoms with Gasteiger partial charge in [-0.1, -0.05) is 0 Å².